The molecule has 0 aliphatic heterocycles. The average molecular weight is 537 g/mol. The van der Waals surface area contributed by atoms with Crippen molar-refractivity contribution >= 4 is 11.9 Å². The van der Waals surface area contributed by atoms with Crippen LogP contribution >= 0.6 is 0 Å². The summed E-state index contributed by atoms with van der Waals surface area (Å²) in [7, 11) is 0. The van der Waals surface area contributed by atoms with E-state index >= 15 is 0 Å². The van der Waals surface area contributed by atoms with E-state index in [0.29, 0.717) is 41.8 Å². The van der Waals surface area contributed by atoms with Crippen molar-refractivity contribution in [1.82, 2.24) is 4.98 Å². The summed E-state index contributed by atoms with van der Waals surface area (Å²) in [4.78, 5) is 19.0. The van der Waals surface area contributed by atoms with Gasteiger partial charge in [0, 0.05) is 11.6 Å². The van der Waals surface area contributed by atoms with Crippen LogP contribution in [0.2, 0.25) is 0 Å². The van der Waals surface area contributed by atoms with Crippen LogP contribution in [0.5, 0.6) is 0 Å². The summed E-state index contributed by atoms with van der Waals surface area (Å²) in [6, 6.07) is 3.48. The van der Waals surface area contributed by atoms with Gasteiger partial charge in [0.15, 0.2) is 0 Å². The maximum Gasteiger partial charge on any atom is 0.413 e. The molecule has 0 bridgehead atoms. The lowest BCUT2D eigenvalue weighted by molar-refractivity contribution is -0.0643. The van der Waals surface area contributed by atoms with Gasteiger partial charge in [-0.1, -0.05) is 71.6 Å². The minimum atomic E-state index is -0.963. The maximum absolute atomic E-state index is 12.9. The van der Waals surface area contributed by atoms with Crippen molar-refractivity contribution in [3.63, 3.8) is 0 Å². The molecule has 1 unspecified atom stereocenters. The normalized spacial score (nSPS) is 38.4. The Morgan fingerprint density at radius 1 is 1.15 bits per heavy atom. The van der Waals surface area contributed by atoms with E-state index in [2.05, 4.69) is 45.7 Å². The molecule has 1 heterocycles. The lowest BCUT2D eigenvalue weighted by Gasteiger charge is -2.61. The Hall–Kier alpha value is -1.88. The Kier molecular flexibility index (Phi) is 7.96. The van der Waals surface area contributed by atoms with Crippen LogP contribution in [-0.2, 0) is 0 Å². The second-order valence-corrected chi connectivity index (χ2v) is 14.6. The monoisotopic (exact) mass is 536 g/mol. The highest BCUT2D eigenvalue weighted by Crippen LogP contribution is 2.67. The van der Waals surface area contributed by atoms with Crippen molar-refractivity contribution in [2.24, 2.45) is 46.3 Å². The number of anilines is 1. The molecule has 216 valence electrons. The number of allylic oxidation sites excluding steroid dienone is 1. The molecule has 3 saturated carbocycles. The number of hydrogen-bond acceptors (Lipinski definition) is 3. The summed E-state index contributed by atoms with van der Waals surface area (Å²) >= 11 is 0. The van der Waals surface area contributed by atoms with Crippen molar-refractivity contribution < 1.29 is 15.0 Å². The number of hydrogen-bond donors (Lipinski definition) is 2. The number of aromatic nitrogens is 1. The third-order valence-corrected chi connectivity index (χ3v) is 12.1. The number of carboxylic acid groups (broad SMARTS) is 1. The first-order valence-electron chi connectivity index (χ1n) is 15.8. The van der Waals surface area contributed by atoms with Gasteiger partial charge in [-0.3, -0.25) is 4.90 Å². The summed E-state index contributed by atoms with van der Waals surface area (Å²) in [5.74, 6) is 4.59. The van der Waals surface area contributed by atoms with E-state index in [1.807, 2.05) is 19.1 Å². The minimum Gasteiger partial charge on any atom is -0.465 e. The second-order valence-electron chi connectivity index (χ2n) is 14.6. The first-order chi connectivity index (χ1) is 18.5. The fraction of sp³-hybridized carbons (Fsp3) is 0.765. The number of aliphatic hydroxyl groups is 1. The molecule has 0 saturated heterocycles. The van der Waals surface area contributed by atoms with Crippen LogP contribution in [0, 0.1) is 53.3 Å². The Bertz CT molecular complexity index is 1080. The van der Waals surface area contributed by atoms with Crippen LogP contribution in [0.4, 0.5) is 10.6 Å². The van der Waals surface area contributed by atoms with E-state index in [4.69, 9.17) is 0 Å². The molecule has 1 aromatic rings. The largest absolute Gasteiger partial charge is 0.465 e. The standard InChI is InChI=1S/C34H52N2O3/c1-21(2)9-7-10-22(3)27-14-15-28-26-13-12-24-19-25(37)20-30(34(24,6)29(26)16-17-33(27,28)5)36(32(38)39)31-23(4)11-8-18-35-31/h8,11-12,18,21-22,25-30,37H,7,9-10,13-17,19-20H2,1-6H3,(H,38,39)/t22-,25-,26+,27-,28+,29+,30?,33-,34+/m1/s1. The lowest BCUT2D eigenvalue weighted by Crippen LogP contribution is -2.61. The number of pyridine rings is 1. The molecule has 1 aromatic heterocycles. The zero-order valence-corrected chi connectivity index (χ0v) is 25.2. The molecule has 0 aromatic carbocycles. The van der Waals surface area contributed by atoms with Gasteiger partial charge in [-0.15, -0.1) is 0 Å². The van der Waals surface area contributed by atoms with E-state index in [9.17, 15) is 15.0 Å². The van der Waals surface area contributed by atoms with Crippen LogP contribution in [0.25, 0.3) is 0 Å². The zero-order chi connectivity index (χ0) is 28.1. The second kappa shape index (κ2) is 10.8. The van der Waals surface area contributed by atoms with Gasteiger partial charge in [-0.25, -0.2) is 9.78 Å². The average Bonchev–Trinajstić information content (AvgIpc) is 3.23. The predicted octanol–water partition coefficient (Wildman–Crippen LogP) is 8.26. The molecule has 3 fully saturated rings. The smallest absolute Gasteiger partial charge is 0.413 e. The zero-order valence-electron chi connectivity index (χ0n) is 25.2. The number of carbonyl (C=O) groups is 1. The van der Waals surface area contributed by atoms with Gasteiger partial charge in [-0.2, -0.15) is 0 Å². The summed E-state index contributed by atoms with van der Waals surface area (Å²) < 4.78 is 0. The van der Waals surface area contributed by atoms with Crippen molar-refractivity contribution in [1.29, 1.82) is 0 Å². The fourth-order valence-electron chi connectivity index (χ4n) is 10.2. The molecular formula is C34H52N2O3. The molecule has 5 heteroatoms. The van der Waals surface area contributed by atoms with Gasteiger partial charge in [0.05, 0.1) is 12.1 Å². The van der Waals surface area contributed by atoms with E-state index in [1.165, 1.54) is 49.0 Å². The topological polar surface area (TPSA) is 73.7 Å². The van der Waals surface area contributed by atoms with Crippen LogP contribution < -0.4 is 4.90 Å². The quantitative estimate of drug-likeness (QED) is 0.344. The third kappa shape index (κ3) is 4.85. The Morgan fingerprint density at radius 3 is 2.62 bits per heavy atom. The van der Waals surface area contributed by atoms with E-state index < -0.39 is 12.2 Å². The predicted molar refractivity (Wildman–Crippen MR) is 158 cm³/mol. The number of fused-ring (bicyclic) bond motifs is 5. The molecule has 2 N–H and O–H groups in total. The minimum absolute atomic E-state index is 0.285. The van der Waals surface area contributed by atoms with E-state index in [-0.39, 0.29) is 11.5 Å². The summed E-state index contributed by atoms with van der Waals surface area (Å²) in [5, 5.41) is 21.6. The van der Waals surface area contributed by atoms with Crippen molar-refractivity contribution in [3.05, 3.63) is 35.5 Å². The van der Waals surface area contributed by atoms with E-state index in [1.54, 1.807) is 6.20 Å². The highest BCUT2D eigenvalue weighted by molar-refractivity contribution is 5.86. The summed E-state index contributed by atoms with van der Waals surface area (Å²) in [6.45, 7) is 14.1. The first kappa shape index (κ1) is 28.6. The molecular weight excluding hydrogens is 484 g/mol. The molecule has 5 rings (SSSR count). The van der Waals surface area contributed by atoms with Gasteiger partial charge in [0.2, 0.25) is 0 Å². The Balaban J connectivity index is 1.46. The Labute approximate surface area is 236 Å². The number of aryl methyl sites for hydroxylation is 1. The van der Waals surface area contributed by atoms with Crippen molar-refractivity contribution in [2.45, 2.75) is 118 Å². The van der Waals surface area contributed by atoms with Crippen molar-refractivity contribution in [2.75, 3.05) is 4.90 Å². The van der Waals surface area contributed by atoms with Gasteiger partial charge in [-0.05, 0) is 104 Å². The number of rotatable bonds is 7. The molecule has 0 spiro atoms. The molecule has 1 amide bonds. The molecule has 39 heavy (non-hydrogen) atoms. The number of nitrogens with zero attached hydrogens (tertiary/aromatic N) is 2. The molecule has 4 aliphatic rings. The first-order valence-corrected chi connectivity index (χ1v) is 15.8. The SMILES string of the molecule is Cc1cccnc1N(C(=O)O)C1C[C@H](O)CC2=CC[C@H]3[C@@H]4CC[C@H]([C@H](C)CCCC(C)C)[C@@]4(C)CC[C@@H]3[C@]21C. The van der Waals surface area contributed by atoms with Crippen LogP contribution in [0.1, 0.15) is 104 Å². The third-order valence-electron chi connectivity index (χ3n) is 12.1. The molecule has 0 radical (unpaired) electrons. The van der Waals surface area contributed by atoms with Crippen LogP contribution in [0.3, 0.4) is 0 Å². The van der Waals surface area contributed by atoms with Crippen LogP contribution in [0.15, 0.2) is 30.0 Å². The van der Waals surface area contributed by atoms with E-state index in [0.717, 1.165) is 36.2 Å². The lowest BCUT2D eigenvalue weighted by atomic mass is 9.45. The molecule has 5 nitrogen and oxygen atoms in total. The summed E-state index contributed by atoms with van der Waals surface area (Å²) in [6.07, 6.45) is 13.9. The highest BCUT2D eigenvalue weighted by atomic mass is 16.4. The molecule has 9 atom stereocenters. The number of amides is 1. The van der Waals surface area contributed by atoms with Gasteiger partial charge in [0.1, 0.15) is 5.82 Å². The van der Waals surface area contributed by atoms with Gasteiger partial charge < -0.3 is 10.2 Å². The number of aliphatic hydroxyl groups excluding tert-OH is 1. The van der Waals surface area contributed by atoms with Crippen LogP contribution in [-0.4, -0.2) is 33.4 Å². The highest BCUT2D eigenvalue weighted by Gasteiger charge is 2.62. The van der Waals surface area contributed by atoms with Crippen molar-refractivity contribution in [3.8, 4) is 0 Å². The van der Waals surface area contributed by atoms with Gasteiger partial charge in [0.25, 0.3) is 0 Å². The summed E-state index contributed by atoms with van der Waals surface area (Å²) in [5.41, 5.74) is 2.25. The molecule has 4 aliphatic carbocycles. The maximum atomic E-state index is 12.9. The van der Waals surface area contributed by atoms with Gasteiger partial charge >= 0.3 is 6.09 Å². The Morgan fingerprint density at radius 2 is 1.92 bits per heavy atom. The fourth-order valence-corrected chi connectivity index (χ4v) is 10.2.